The maximum atomic E-state index is 12.7. The molecule has 1 saturated heterocycles. The monoisotopic (exact) mass is 482 g/mol. The minimum Gasteiger partial charge on any atom is -0.353 e. The van der Waals surface area contributed by atoms with E-state index in [1.54, 1.807) is 17.0 Å². The summed E-state index contributed by atoms with van der Waals surface area (Å²) >= 11 is 7.20. The molecule has 12 heteroatoms. The number of nitrogens with zero attached hydrogens (tertiary/aromatic N) is 5. The molecular weight excluding hydrogens is 465 g/mol. The van der Waals surface area contributed by atoms with Gasteiger partial charge in [-0.05, 0) is 24.3 Å². The van der Waals surface area contributed by atoms with E-state index in [2.05, 4.69) is 20.3 Å². The van der Waals surface area contributed by atoms with Crippen molar-refractivity contribution in [3.8, 4) is 0 Å². The molecule has 3 aromatic rings. The Kier molecular flexibility index (Phi) is 6.47. The Morgan fingerprint density at radius 3 is 2.50 bits per heavy atom. The van der Waals surface area contributed by atoms with Gasteiger partial charge in [0.2, 0.25) is 5.91 Å². The van der Waals surface area contributed by atoms with Crippen LogP contribution in [-0.2, 0) is 17.4 Å². The number of nitrogens with one attached hydrogen (secondary N) is 1. The van der Waals surface area contributed by atoms with Crippen LogP contribution in [0.5, 0.6) is 0 Å². The topological polar surface area (TPSA) is 74.2 Å². The average molecular weight is 483 g/mol. The van der Waals surface area contributed by atoms with Gasteiger partial charge in [-0.15, -0.1) is 11.3 Å². The van der Waals surface area contributed by atoms with Crippen LogP contribution in [0.1, 0.15) is 11.3 Å². The Hall–Kier alpha value is -2.92. The first-order chi connectivity index (χ1) is 15.3. The summed E-state index contributed by atoms with van der Waals surface area (Å²) in [5.74, 6) is 1.03. The van der Waals surface area contributed by atoms with Crippen molar-refractivity contribution in [2.75, 3.05) is 36.4 Å². The molecule has 0 spiro atoms. The Balaban J connectivity index is 1.28. The number of aromatic nitrogens is 3. The highest BCUT2D eigenvalue weighted by Crippen LogP contribution is 2.29. The smallest absolute Gasteiger partial charge is 0.353 e. The molecule has 0 radical (unpaired) electrons. The van der Waals surface area contributed by atoms with Gasteiger partial charge in [0, 0.05) is 44.0 Å². The number of carbonyl (C=O) groups is 1. The van der Waals surface area contributed by atoms with E-state index in [4.69, 9.17) is 11.6 Å². The highest BCUT2D eigenvalue weighted by atomic mass is 35.5. The van der Waals surface area contributed by atoms with Gasteiger partial charge in [-0.2, -0.15) is 13.2 Å². The lowest BCUT2D eigenvalue weighted by Gasteiger charge is -2.35. The molecule has 32 heavy (non-hydrogen) atoms. The molecule has 0 aromatic carbocycles. The van der Waals surface area contributed by atoms with Gasteiger partial charge in [0.05, 0.1) is 22.7 Å². The van der Waals surface area contributed by atoms with Gasteiger partial charge in [-0.3, -0.25) is 4.79 Å². The standard InChI is InChI=1S/C20H18ClF3N6OS/c21-14-2-3-16(25-11-14)28-19-27-15(12-32-19)9-18(31)30-7-5-29(6-8-30)17-4-1-13(10-26-17)20(22,23)24/h1-4,10-12H,5-9H2,(H,25,27,28). The predicted octanol–water partition coefficient (Wildman–Crippen LogP) is 4.24. The second-order valence-corrected chi connectivity index (χ2v) is 8.37. The summed E-state index contributed by atoms with van der Waals surface area (Å²) in [6.07, 6.45) is -1.88. The van der Waals surface area contributed by atoms with Gasteiger partial charge in [0.25, 0.3) is 0 Å². The minimum absolute atomic E-state index is 0.0495. The summed E-state index contributed by atoms with van der Waals surface area (Å²) in [6, 6.07) is 5.83. The number of hydrogen-bond acceptors (Lipinski definition) is 7. The molecular formula is C20H18ClF3N6OS. The number of hydrogen-bond donors (Lipinski definition) is 1. The van der Waals surface area contributed by atoms with Gasteiger partial charge in [0.1, 0.15) is 11.6 Å². The second kappa shape index (κ2) is 9.29. The van der Waals surface area contributed by atoms with Crippen molar-refractivity contribution in [1.82, 2.24) is 19.9 Å². The number of carbonyl (C=O) groups excluding carboxylic acids is 1. The zero-order valence-electron chi connectivity index (χ0n) is 16.6. The van der Waals surface area contributed by atoms with E-state index in [0.29, 0.717) is 53.7 Å². The Labute approximate surface area is 190 Å². The van der Waals surface area contributed by atoms with Crippen molar-refractivity contribution in [1.29, 1.82) is 0 Å². The maximum absolute atomic E-state index is 12.7. The first-order valence-electron chi connectivity index (χ1n) is 9.67. The van der Waals surface area contributed by atoms with Crippen molar-refractivity contribution in [2.45, 2.75) is 12.6 Å². The summed E-state index contributed by atoms with van der Waals surface area (Å²) < 4.78 is 38.1. The average Bonchev–Trinajstić information content (AvgIpc) is 3.21. The van der Waals surface area contributed by atoms with Crippen LogP contribution in [-0.4, -0.2) is 51.9 Å². The molecule has 1 aliphatic heterocycles. The predicted molar refractivity (Wildman–Crippen MR) is 116 cm³/mol. The number of alkyl halides is 3. The van der Waals surface area contributed by atoms with Gasteiger partial charge in [-0.25, -0.2) is 15.0 Å². The van der Waals surface area contributed by atoms with E-state index in [-0.39, 0.29) is 12.3 Å². The Morgan fingerprint density at radius 2 is 1.88 bits per heavy atom. The zero-order valence-corrected chi connectivity index (χ0v) is 18.2. The summed E-state index contributed by atoms with van der Waals surface area (Å²) in [5.41, 5.74) is -0.123. The first-order valence-corrected chi connectivity index (χ1v) is 10.9. The molecule has 1 N–H and O–H groups in total. The Bertz CT molecular complexity index is 1070. The molecule has 1 aliphatic rings. The van der Waals surface area contributed by atoms with Crippen molar-refractivity contribution < 1.29 is 18.0 Å². The maximum Gasteiger partial charge on any atom is 0.417 e. The lowest BCUT2D eigenvalue weighted by molar-refractivity contribution is -0.137. The number of pyridine rings is 2. The quantitative estimate of drug-likeness (QED) is 0.586. The van der Waals surface area contributed by atoms with Gasteiger partial charge in [0.15, 0.2) is 5.13 Å². The fourth-order valence-corrected chi connectivity index (χ4v) is 4.03. The largest absolute Gasteiger partial charge is 0.417 e. The first kappa shape index (κ1) is 22.3. The van der Waals surface area contributed by atoms with Crippen LogP contribution in [0.2, 0.25) is 5.02 Å². The number of halogens is 4. The molecule has 3 aromatic heterocycles. The summed E-state index contributed by atoms with van der Waals surface area (Å²) in [7, 11) is 0. The lowest BCUT2D eigenvalue weighted by atomic mass is 10.2. The molecule has 1 amide bonds. The molecule has 0 saturated carbocycles. The van der Waals surface area contributed by atoms with E-state index in [9.17, 15) is 18.0 Å². The van der Waals surface area contributed by atoms with Crippen molar-refractivity contribution in [3.05, 3.63) is 58.3 Å². The molecule has 7 nitrogen and oxygen atoms in total. The molecule has 0 aliphatic carbocycles. The number of thiazole rings is 1. The SMILES string of the molecule is O=C(Cc1csc(Nc2ccc(Cl)cn2)n1)N1CCN(c2ccc(C(F)(F)F)cn2)CC1. The van der Waals surface area contributed by atoms with Crippen LogP contribution in [0.4, 0.5) is 29.9 Å². The van der Waals surface area contributed by atoms with Gasteiger partial charge in [-0.1, -0.05) is 11.6 Å². The number of piperazine rings is 1. The van der Waals surface area contributed by atoms with Crippen molar-refractivity contribution in [3.63, 3.8) is 0 Å². The van der Waals surface area contributed by atoms with Crippen LogP contribution < -0.4 is 10.2 Å². The number of anilines is 3. The van der Waals surface area contributed by atoms with Crippen LogP contribution >= 0.6 is 22.9 Å². The molecule has 168 valence electrons. The number of amides is 1. The molecule has 0 unspecified atom stereocenters. The van der Waals surface area contributed by atoms with Crippen molar-refractivity contribution in [2.24, 2.45) is 0 Å². The summed E-state index contributed by atoms with van der Waals surface area (Å²) in [5, 5.41) is 6.05. The highest BCUT2D eigenvalue weighted by molar-refractivity contribution is 7.13. The molecule has 4 rings (SSSR count). The fourth-order valence-electron chi connectivity index (χ4n) is 3.20. The normalized spacial score (nSPS) is 14.5. The minimum atomic E-state index is -4.41. The van der Waals surface area contributed by atoms with Gasteiger partial charge >= 0.3 is 6.18 Å². The zero-order chi connectivity index (χ0) is 22.7. The lowest BCUT2D eigenvalue weighted by Crippen LogP contribution is -2.49. The molecule has 0 atom stereocenters. The van der Waals surface area contributed by atoms with Gasteiger partial charge < -0.3 is 15.1 Å². The van der Waals surface area contributed by atoms with E-state index < -0.39 is 11.7 Å². The van der Waals surface area contributed by atoms with E-state index >= 15 is 0 Å². The highest BCUT2D eigenvalue weighted by Gasteiger charge is 2.31. The third-order valence-corrected chi connectivity index (χ3v) is 5.91. The van der Waals surface area contributed by atoms with E-state index in [0.717, 1.165) is 12.3 Å². The molecule has 0 bridgehead atoms. The van der Waals surface area contributed by atoms with Crippen LogP contribution in [0.25, 0.3) is 0 Å². The van der Waals surface area contributed by atoms with Crippen molar-refractivity contribution >= 4 is 45.6 Å². The van der Waals surface area contributed by atoms with Crippen LogP contribution in [0, 0.1) is 0 Å². The third kappa shape index (κ3) is 5.46. The number of rotatable bonds is 5. The molecule has 1 fully saturated rings. The van der Waals surface area contributed by atoms with E-state index in [1.807, 2.05) is 10.3 Å². The Morgan fingerprint density at radius 1 is 1.09 bits per heavy atom. The summed E-state index contributed by atoms with van der Waals surface area (Å²) in [4.78, 5) is 28.8. The third-order valence-electron chi connectivity index (χ3n) is 4.88. The molecule has 4 heterocycles. The van der Waals surface area contributed by atoms with Crippen LogP contribution in [0.3, 0.4) is 0 Å². The second-order valence-electron chi connectivity index (χ2n) is 7.08. The van der Waals surface area contributed by atoms with Crippen LogP contribution in [0.15, 0.2) is 42.0 Å². The summed E-state index contributed by atoms with van der Waals surface area (Å²) in [6.45, 7) is 1.92. The fraction of sp³-hybridized carbons (Fsp3) is 0.300. The van der Waals surface area contributed by atoms with E-state index in [1.165, 1.54) is 23.6 Å².